The van der Waals surface area contributed by atoms with Crippen LogP contribution < -0.4 is 4.90 Å². The fraction of sp³-hybridized carbons (Fsp3) is 0.286. The molecule has 1 aromatic heterocycles. The molecular formula is C21H20N2O2S3. The van der Waals surface area contributed by atoms with Crippen LogP contribution in [0.25, 0.3) is 6.08 Å². The van der Waals surface area contributed by atoms with Gasteiger partial charge in [-0.3, -0.25) is 14.5 Å². The van der Waals surface area contributed by atoms with E-state index in [4.69, 9.17) is 12.2 Å². The average molecular weight is 429 g/mol. The molecule has 28 heavy (non-hydrogen) atoms. The van der Waals surface area contributed by atoms with Crippen molar-refractivity contribution in [3.63, 3.8) is 0 Å². The lowest BCUT2D eigenvalue weighted by Crippen LogP contribution is -2.36. The van der Waals surface area contributed by atoms with Crippen molar-refractivity contribution < 1.29 is 9.59 Å². The fourth-order valence-corrected chi connectivity index (χ4v) is 5.54. The number of hydrogen-bond acceptors (Lipinski definition) is 5. The Labute approximate surface area is 178 Å². The highest BCUT2D eigenvalue weighted by molar-refractivity contribution is 8.26. The van der Waals surface area contributed by atoms with E-state index in [1.165, 1.54) is 17.3 Å². The van der Waals surface area contributed by atoms with Crippen LogP contribution in [0.5, 0.6) is 0 Å². The zero-order valence-electron chi connectivity index (χ0n) is 15.3. The first-order valence-electron chi connectivity index (χ1n) is 9.30. The number of rotatable bonds is 5. The smallest absolute Gasteiger partial charge is 0.266 e. The summed E-state index contributed by atoms with van der Waals surface area (Å²) in [6, 6.07) is 12.0. The van der Waals surface area contributed by atoms with E-state index in [9.17, 15) is 9.59 Å². The number of fused-ring (bicyclic) bond motifs is 1. The summed E-state index contributed by atoms with van der Waals surface area (Å²) in [5.74, 6) is 0.0610. The van der Waals surface area contributed by atoms with Crippen LogP contribution in [0.4, 0.5) is 5.69 Å². The average Bonchev–Trinajstić information content (AvgIpc) is 3.31. The van der Waals surface area contributed by atoms with Crippen LogP contribution in [0.3, 0.4) is 0 Å². The third kappa shape index (κ3) is 4.06. The van der Waals surface area contributed by atoms with Crippen LogP contribution in [0.2, 0.25) is 0 Å². The third-order valence-corrected chi connectivity index (χ3v) is 7.07. The molecule has 4 rings (SSSR count). The SMILES string of the molecule is O=C1/C(=C\c2cccs2)SC(=S)N1CCCC(=O)N1CCCc2ccccc21. The van der Waals surface area contributed by atoms with Gasteiger partial charge in [-0.1, -0.05) is 48.2 Å². The molecule has 0 atom stereocenters. The second-order valence-corrected chi connectivity index (χ2v) is 9.39. The van der Waals surface area contributed by atoms with Gasteiger partial charge >= 0.3 is 0 Å². The van der Waals surface area contributed by atoms with Crippen molar-refractivity contribution in [3.8, 4) is 0 Å². The van der Waals surface area contributed by atoms with Crippen molar-refractivity contribution in [3.05, 3.63) is 57.1 Å². The number of benzene rings is 1. The third-order valence-electron chi connectivity index (χ3n) is 4.87. The summed E-state index contributed by atoms with van der Waals surface area (Å²) in [6.45, 7) is 1.24. The van der Waals surface area contributed by atoms with Crippen molar-refractivity contribution in [2.24, 2.45) is 0 Å². The van der Waals surface area contributed by atoms with Gasteiger partial charge in [-0.15, -0.1) is 11.3 Å². The molecule has 144 valence electrons. The van der Waals surface area contributed by atoms with E-state index in [0.717, 1.165) is 30.0 Å². The number of thioether (sulfide) groups is 1. The quantitative estimate of drug-likeness (QED) is 0.511. The van der Waals surface area contributed by atoms with E-state index < -0.39 is 0 Å². The van der Waals surface area contributed by atoms with E-state index in [1.807, 2.05) is 46.7 Å². The molecular weight excluding hydrogens is 408 g/mol. The summed E-state index contributed by atoms with van der Waals surface area (Å²) >= 11 is 8.31. The Balaban J connectivity index is 1.35. The van der Waals surface area contributed by atoms with Crippen LogP contribution in [-0.2, 0) is 16.0 Å². The van der Waals surface area contributed by atoms with Gasteiger partial charge in [0.1, 0.15) is 4.32 Å². The molecule has 0 unspecified atom stereocenters. The minimum absolute atomic E-state index is 0.0563. The maximum atomic E-state index is 12.7. The molecule has 2 aliphatic heterocycles. The number of anilines is 1. The Hall–Kier alpha value is -1.96. The maximum absolute atomic E-state index is 12.7. The molecule has 1 saturated heterocycles. The number of carbonyl (C=O) groups is 2. The topological polar surface area (TPSA) is 40.6 Å². The zero-order valence-corrected chi connectivity index (χ0v) is 17.7. The molecule has 1 aromatic carbocycles. The van der Waals surface area contributed by atoms with Crippen LogP contribution in [0, 0.1) is 0 Å². The summed E-state index contributed by atoms with van der Waals surface area (Å²) < 4.78 is 0.573. The van der Waals surface area contributed by atoms with Gasteiger partial charge in [0.25, 0.3) is 5.91 Å². The Bertz CT molecular complexity index is 937. The molecule has 7 heteroatoms. The van der Waals surface area contributed by atoms with Gasteiger partial charge in [-0.05, 0) is 48.4 Å². The summed E-state index contributed by atoms with van der Waals surface area (Å²) in [7, 11) is 0. The number of thiocarbonyl (C=S) groups is 1. The van der Waals surface area contributed by atoms with Crippen molar-refractivity contribution in [2.45, 2.75) is 25.7 Å². The highest BCUT2D eigenvalue weighted by atomic mass is 32.2. The molecule has 2 aliphatic rings. The number of aryl methyl sites for hydroxylation is 1. The lowest BCUT2D eigenvalue weighted by Gasteiger charge is -2.29. The normalized spacial score (nSPS) is 18.1. The molecule has 0 N–H and O–H groups in total. The van der Waals surface area contributed by atoms with Gasteiger partial charge in [0.15, 0.2) is 0 Å². The standard InChI is InChI=1S/C21H20N2O2S3/c24-19(22-11-3-7-15-6-1-2-9-17(15)22)10-4-12-23-20(25)18(28-21(23)26)14-16-8-5-13-27-16/h1-2,5-6,8-9,13-14H,3-4,7,10-12H2/b18-14+. The van der Waals surface area contributed by atoms with E-state index in [0.29, 0.717) is 28.6 Å². The maximum Gasteiger partial charge on any atom is 0.266 e. The van der Waals surface area contributed by atoms with Crippen LogP contribution in [0.1, 0.15) is 29.7 Å². The van der Waals surface area contributed by atoms with Gasteiger partial charge in [0, 0.05) is 30.1 Å². The van der Waals surface area contributed by atoms with Gasteiger partial charge in [0.05, 0.1) is 4.91 Å². The van der Waals surface area contributed by atoms with Gasteiger partial charge < -0.3 is 4.90 Å². The summed E-state index contributed by atoms with van der Waals surface area (Å²) in [5, 5.41) is 1.98. The van der Waals surface area contributed by atoms with Gasteiger partial charge in [0.2, 0.25) is 5.91 Å². The molecule has 0 aliphatic carbocycles. The van der Waals surface area contributed by atoms with E-state index >= 15 is 0 Å². The minimum atomic E-state index is -0.0563. The molecule has 0 saturated carbocycles. The fourth-order valence-electron chi connectivity index (χ4n) is 3.51. The zero-order chi connectivity index (χ0) is 19.5. The Morgan fingerprint density at radius 2 is 2.07 bits per heavy atom. The van der Waals surface area contributed by atoms with Gasteiger partial charge in [-0.2, -0.15) is 0 Å². The molecule has 0 spiro atoms. The monoisotopic (exact) mass is 428 g/mol. The molecule has 3 heterocycles. The van der Waals surface area contributed by atoms with E-state index in [-0.39, 0.29) is 11.8 Å². The predicted molar refractivity (Wildman–Crippen MR) is 121 cm³/mol. The van der Waals surface area contributed by atoms with Crippen LogP contribution in [-0.4, -0.2) is 34.1 Å². The summed E-state index contributed by atoms with van der Waals surface area (Å²) in [5.41, 5.74) is 2.26. The second-order valence-electron chi connectivity index (χ2n) is 6.73. The predicted octanol–water partition coefficient (Wildman–Crippen LogP) is 4.71. The second kappa shape index (κ2) is 8.59. The molecule has 2 amide bonds. The summed E-state index contributed by atoms with van der Waals surface area (Å²) in [4.78, 5) is 30.6. The first-order valence-corrected chi connectivity index (χ1v) is 11.4. The van der Waals surface area contributed by atoms with Crippen LogP contribution in [0.15, 0.2) is 46.7 Å². The minimum Gasteiger partial charge on any atom is -0.312 e. The summed E-state index contributed by atoms with van der Waals surface area (Å²) in [6.07, 6.45) is 4.92. The number of para-hydroxylation sites is 1. The molecule has 1 fully saturated rings. The number of nitrogens with zero attached hydrogens (tertiary/aromatic N) is 2. The molecule has 0 radical (unpaired) electrons. The molecule has 4 nitrogen and oxygen atoms in total. The molecule has 2 aromatic rings. The number of thiophene rings is 1. The largest absolute Gasteiger partial charge is 0.312 e. The highest BCUT2D eigenvalue weighted by Gasteiger charge is 2.32. The molecule has 0 bridgehead atoms. The van der Waals surface area contributed by atoms with Crippen molar-refractivity contribution >= 4 is 63.2 Å². The number of hydrogen-bond donors (Lipinski definition) is 0. The van der Waals surface area contributed by atoms with Crippen LogP contribution >= 0.6 is 35.3 Å². The lowest BCUT2D eigenvalue weighted by atomic mass is 10.0. The van der Waals surface area contributed by atoms with Crippen molar-refractivity contribution in [2.75, 3.05) is 18.0 Å². The Morgan fingerprint density at radius 1 is 1.21 bits per heavy atom. The Kier molecular flexibility index (Phi) is 5.94. The van der Waals surface area contributed by atoms with E-state index in [2.05, 4.69) is 6.07 Å². The lowest BCUT2D eigenvalue weighted by molar-refractivity contribution is -0.123. The first-order chi connectivity index (χ1) is 13.6. The van der Waals surface area contributed by atoms with Gasteiger partial charge in [-0.25, -0.2) is 0 Å². The number of carbonyl (C=O) groups excluding carboxylic acids is 2. The highest BCUT2D eigenvalue weighted by Crippen LogP contribution is 2.33. The number of amides is 2. The van der Waals surface area contributed by atoms with E-state index in [1.54, 1.807) is 16.2 Å². The Morgan fingerprint density at radius 3 is 2.89 bits per heavy atom. The van der Waals surface area contributed by atoms with Crippen molar-refractivity contribution in [1.29, 1.82) is 0 Å². The first kappa shape index (κ1) is 19.4. The van der Waals surface area contributed by atoms with Crippen molar-refractivity contribution in [1.82, 2.24) is 4.90 Å².